The predicted molar refractivity (Wildman–Crippen MR) is 126 cm³/mol. The number of aryl methyl sites for hydroxylation is 2. The maximum Gasteiger partial charge on any atom is 0.325 e. The lowest BCUT2D eigenvalue weighted by Gasteiger charge is -2.25. The van der Waals surface area contributed by atoms with Crippen LogP contribution in [0.15, 0.2) is 36.4 Å². The summed E-state index contributed by atoms with van der Waals surface area (Å²) in [6.45, 7) is 3.44. The van der Waals surface area contributed by atoms with Gasteiger partial charge in [-0.15, -0.1) is 0 Å². The van der Waals surface area contributed by atoms with Crippen molar-refractivity contribution in [2.24, 2.45) is 0 Å². The van der Waals surface area contributed by atoms with E-state index in [2.05, 4.69) is 17.4 Å². The van der Waals surface area contributed by atoms with Crippen LogP contribution in [0.25, 0.3) is 0 Å². The zero-order valence-corrected chi connectivity index (χ0v) is 19.6. The molecule has 0 amide bonds. The lowest BCUT2D eigenvalue weighted by Crippen LogP contribution is -2.33. The molecule has 2 aromatic rings. The van der Waals surface area contributed by atoms with Crippen molar-refractivity contribution in [1.82, 2.24) is 9.88 Å². The summed E-state index contributed by atoms with van der Waals surface area (Å²) in [7, 11) is 0. The summed E-state index contributed by atoms with van der Waals surface area (Å²) >= 11 is 0. The van der Waals surface area contributed by atoms with Crippen molar-refractivity contribution in [2.75, 3.05) is 31.6 Å². The average Bonchev–Trinajstić information content (AvgIpc) is 3.26. The summed E-state index contributed by atoms with van der Waals surface area (Å²) in [6.07, 6.45) is 5.68. The van der Waals surface area contributed by atoms with Crippen molar-refractivity contribution in [2.45, 2.75) is 63.5 Å². The lowest BCUT2D eigenvalue weighted by molar-refractivity contribution is -0.143. The van der Waals surface area contributed by atoms with Crippen molar-refractivity contribution in [3.05, 3.63) is 58.8 Å². The minimum Gasteiger partial charge on any atom is -0.480 e. The van der Waals surface area contributed by atoms with Crippen molar-refractivity contribution in [3.8, 4) is 0 Å². The normalized spacial score (nSPS) is 19.4. The maximum atomic E-state index is 13.7. The van der Waals surface area contributed by atoms with Crippen LogP contribution in [0.1, 0.15) is 61.0 Å². The molecule has 2 N–H and O–H groups in total. The molecule has 0 saturated carbocycles. The van der Waals surface area contributed by atoms with Gasteiger partial charge in [-0.2, -0.15) is 0 Å². The molecule has 8 heteroatoms. The molecule has 34 heavy (non-hydrogen) atoms. The highest BCUT2D eigenvalue weighted by atomic mass is 19.3. The van der Waals surface area contributed by atoms with Crippen LogP contribution < -0.4 is 5.32 Å². The van der Waals surface area contributed by atoms with Crippen LogP contribution in [0.2, 0.25) is 0 Å². The Labute approximate surface area is 199 Å². The minimum atomic E-state index is -3.01. The molecule has 2 atom stereocenters. The van der Waals surface area contributed by atoms with Gasteiger partial charge in [-0.25, -0.2) is 13.8 Å². The summed E-state index contributed by atoms with van der Waals surface area (Å²) in [5.74, 6) is -3.03. The van der Waals surface area contributed by atoms with Crippen LogP contribution in [0.4, 0.5) is 14.6 Å². The zero-order valence-electron chi connectivity index (χ0n) is 19.6. The Morgan fingerprint density at radius 3 is 2.97 bits per heavy atom. The lowest BCUT2D eigenvalue weighted by atomic mass is 10.0. The third kappa shape index (κ3) is 6.10. The molecule has 184 valence electrons. The number of aliphatic carboxylic acids is 1. The van der Waals surface area contributed by atoms with Gasteiger partial charge in [-0.3, -0.25) is 9.69 Å². The maximum absolute atomic E-state index is 13.7. The van der Waals surface area contributed by atoms with E-state index in [1.165, 1.54) is 23.8 Å². The van der Waals surface area contributed by atoms with Crippen LogP contribution >= 0.6 is 0 Å². The molecular weight excluding hydrogens is 440 g/mol. The first-order valence-electron chi connectivity index (χ1n) is 12.1. The van der Waals surface area contributed by atoms with E-state index in [1.54, 1.807) is 6.07 Å². The molecule has 1 aromatic heterocycles. The largest absolute Gasteiger partial charge is 0.480 e. The number of carboxylic acids is 1. The fourth-order valence-corrected chi connectivity index (χ4v) is 4.78. The topological polar surface area (TPSA) is 74.7 Å². The molecule has 1 saturated heterocycles. The third-order valence-electron chi connectivity index (χ3n) is 6.62. The third-order valence-corrected chi connectivity index (χ3v) is 6.62. The predicted octanol–water partition coefficient (Wildman–Crippen LogP) is 4.79. The summed E-state index contributed by atoms with van der Waals surface area (Å²) in [6, 6.07) is 9.05. The van der Waals surface area contributed by atoms with Gasteiger partial charge in [0.05, 0.1) is 6.10 Å². The average molecular weight is 474 g/mol. The van der Waals surface area contributed by atoms with E-state index in [0.29, 0.717) is 25.3 Å². The summed E-state index contributed by atoms with van der Waals surface area (Å²) in [4.78, 5) is 18.5. The van der Waals surface area contributed by atoms with Crippen LogP contribution in [0.5, 0.6) is 0 Å². The number of nitrogens with zero attached hydrogens (tertiary/aromatic N) is 2. The van der Waals surface area contributed by atoms with Gasteiger partial charge < -0.3 is 15.2 Å². The second-order valence-corrected chi connectivity index (χ2v) is 9.33. The second kappa shape index (κ2) is 10.8. The zero-order chi connectivity index (χ0) is 24.1. The van der Waals surface area contributed by atoms with Crippen molar-refractivity contribution >= 4 is 11.8 Å². The number of nitrogens with one attached hydrogen (secondary N) is 1. The minimum absolute atomic E-state index is 0.0521. The number of benzene rings is 1. The van der Waals surface area contributed by atoms with Gasteiger partial charge in [0.2, 0.25) is 0 Å². The van der Waals surface area contributed by atoms with E-state index in [4.69, 9.17) is 9.72 Å². The van der Waals surface area contributed by atoms with Gasteiger partial charge >= 0.3 is 5.97 Å². The molecule has 0 aliphatic carbocycles. The van der Waals surface area contributed by atoms with E-state index in [9.17, 15) is 18.7 Å². The molecule has 0 spiro atoms. The second-order valence-electron chi connectivity index (χ2n) is 9.33. The monoisotopic (exact) mass is 473 g/mol. The number of aromatic nitrogens is 1. The quantitative estimate of drug-likeness (QED) is 0.484. The highest BCUT2D eigenvalue weighted by molar-refractivity contribution is 5.75. The Kier molecular flexibility index (Phi) is 7.78. The van der Waals surface area contributed by atoms with Gasteiger partial charge in [-0.1, -0.05) is 24.3 Å². The molecule has 2 aliphatic rings. The van der Waals surface area contributed by atoms with Gasteiger partial charge in [0.25, 0.3) is 5.92 Å². The highest BCUT2D eigenvalue weighted by Gasteiger charge is 2.35. The molecule has 1 aromatic carbocycles. The smallest absolute Gasteiger partial charge is 0.325 e. The molecule has 6 nitrogen and oxygen atoms in total. The number of fused-ring (bicyclic) bond motifs is 1. The number of carbonyl (C=O) groups is 1. The van der Waals surface area contributed by atoms with Gasteiger partial charge in [-0.05, 0) is 61.8 Å². The molecule has 3 heterocycles. The number of hydrogen-bond acceptors (Lipinski definition) is 5. The highest BCUT2D eigenvalue weighted by Crippen LogP contribution is 2.32. The number of halogens is 2. The Morgan fingerprint density at radius 1 is 1.32 bits per heavy atom. The fraction of sp³-hybridized carbons (Fsp3) is 0.538. The molecule has 1 fully saturated rings. The number of alkyl halides is 2. The first kappa shape index (κ1) is 24.5. The molecule has 0 unspecified atom stereocenters. The molecule has 2 aliphatic heterocycles. The fourth-order valence-electron chi connectivity index (χ4n) is 4.78. The first-order chi connectivity index (χ1) is 16.3. The SMILES string of the molecule is CC(F)(F)c1cccc([C@@H](C(=O)O)N2CC[C@@H](OCCCCc3ccc4c(n3)NCCC4)C2)c1. The number of carboxylic acid groups (broad SMARTS) is 1. The van der Waals surface area contributed by atoms with E-state index < -0.39 is 17.9 Å². The Balaban J connectivity index is 1.24. The summed E-state index contributed by atoms with van der Waals surface area (Å²) in [5.41, 5.74) is 2.58. The molecule has 0 radical (unpaired) electrons. The summed E-state index contributed by atoms with van der Waals surface area (Å²) in [5, 5.41) is 13.2. The number of pyridine rings is 1. The van der Waals surface area contributed by atoms with Crippen LogP contribution in [-0.4, -0.2) is 53.3 Å². The summed E-state index contributed by atoms with van der Waals surface area (Å²) < 4.78 is 33.5. The number of rotatable bonds is 10. The van der Waals surface area contributed by atoms with Crippen molar-refractivity contribution in [3.63, 3.8) is 0 Å². The number of anilines is 1. The van der Waals surface area contributed by atoms with E-state index >= 15 is 0 Å². The van der Waals surface area contributed by atoms with Crippen molar-refractivity contribution in [1.29, 1.82) is 0 Å². The number of unbranched alkanes of at least 4 members (excludes halogenated alkanes) is 1. The van der Waals surface area contributed by atoms with Crippen LogP contribution in [-0.2, 0) is 28.3 Å². The Morgan fingerprint density at radius 2 is 2.18 bits per heavy atom. The number of ether oxygens (including phenoxy) is 1. The van der Waals surface area contributed by atoms with Crippen LogP contribution in [0, 0.1) is 0 Å². The van der Waals surface area contributed by atoms with Gasteiger partial charge in [0.15, 0.2) is 0 Å². The van der Waals surface area contributed by atoms with E-state index in [0.717, 1.165) is 63.5 Å². The standard InChI is InChI=1S/C26H33F2N3O3/c1-26(27,28)20-8-4-6-19(16-20)23(25(32)33)31-14-12-22(17-31)34-15-3-2-9-21-11-10-18-7-5-13-29-24(18)30-21/h4,6,8,10-11,16,22-23H,2-3,5,7,9,12-15,17H2,1H3,(H,29,30)(H,32,33)/t22-,23+/m1/s1. The molecule has 4 rings (SSSR count). The molecule has 0 bridgehead atoms. The first-order valence-corrected chi connectivity index (χ1v) is 12.1. The van der Waals surface area contributed by atoms with Crippen LogP contribution in [0.3, 0.4) is 0 Å². The number of hydrogen-bond donors (Lipinski definition) is 2. The van der Waals surface area contributed by atoms with E-state index in [-0.39, 0.29) is 11.7 Å². The molecular formula is C26H33F2N3O3. The van der Waals surface area contributed by atoms with Gasteiger partial charge in [0, 0.05) is 44.4 Å². The Bertz CT molecular complexity index is 995. The van der Waals surface area contributed by atoms with Gasteiger partial charge in [0.1, 0.15) is 11.9 Å². The Hall–Kier alpha value is -2.58. The van der Waals surface area contributed by atoms with Crippen molar-refractivity contribution < 1.29 is 23.4 Å². The van der Waals surface area contributed by atoms with E-state index in [1.807, 2.05) is 4.90 Å². The number of likely N-dealkylation sites (tertiary alicyclic amines) is 1.